The lowest BCUT2D eigenvalue weighted by Gasteiger charge is -2.34. The van der Waals surface area contributed by atoms with Crippen LogP contribution >= 0.6 is 22.9 Å². The molecule has 1 fully saturated rings. The third-order valence-electron chi connectivity index (χ3n) is 8.61. The number of methoxy groups -OCH3 is 1. The predicted molar refractivity (Wildman–Crippen MR) is 165 cm³/mol. The number of Topliss-reactive ketones (excluding diaryl/α,β-unsaturated/α-hetero) is 1. The van der Waals surface area contributed by atoms with Gasteiger partial charge in [-0.3, -0.25) is 4.79 Å². The SMILES string of the molecule is CNC1CCC(C(CCc2cc(-c3ccnc(C(=O)O)c3)ccc2OC)CC(=O)c2sc3c(F)ccc(F)c3c2Cl)CC1. The Morgan fingerprint density at radius 1 is 1.09 bits per heavy atom. The fourth-order valence-corrected chi connectivity index (χ4v) is 7.74. The molecule has 1 atom stereocenters. The summed E-state index contributed by atoms with van der Waals surface area (Å²) in [5.41, 5.74) is 2.47. The van der Waals surface area contributed by atoms with Gasteiger partial charge in [0, 0.05) is 18.7 Å². The molecule has 2 heterocycles. The van der Waals surface area contributed by atoms with Crippen LogP contribution in [0.1, 0.15) is 64.2 Å². The van der Waals surface area contributed by atoms with E-state index in [-0.39, 0.29) is 43.8 Å². The molecule has 4 aromatic rings. The highest BCUT2D eigenvalue weighted by Crippen LogP contribution is 2.42. The molecule has 10 heteroatoms. The molecule has 1 unspecified atom stereocenters. The molecular formula is C33H33ClF2N2O4S. The first-order valence-corrected chi connectivity index (χ1v) is 15.5. The van der Waals surface area contributed by atoms with E-state index < -0.39 is 17.6 Å². The van der Waals surface area contributed by atoms with Crippen molar-refractivity contribution in [2.24, 2.45) is 11.8 Å². The Balaban J connectivity index is 1.41. The van der Waals surface area contributed by atoms with Crippen LogP contribution in [-0.4, -0.2) is 42.0 Å². The Morgan fingerprint density at radius 3 is 2.49 bits per heavy atom. The highest BCUT2D eigenvalue weighted by molar-refractivity contribution is 7.21. The maximum atomic E-state index is 14.5. The van der Waals surface area contributed by atoms with E-state index in [1.807, 2.05) is 25.2 Å². The van der Waals surface area contributed by atoms with Crippen LogP contribution in [0.4, 0.5) is 8.78 Å². The molecule has 2 aromatic carbocycles. The second kappa shape index (κ2) is 13.5. The van der Waals surface area contributed by atoms with Gasteiger partial charge in [-0.25, -0.2) is 18.6 Å². The summed E-state index contributed by atoms with van der Waals surface area (Å²) in [6.45, 7) is 0. The molecule has 0 spiro atoms. The summed E-state index contributed by atoms with van der Waals surface area (Å²) in [7, 11) is 3.57. The van der Waals surface area contributed by atoms with E-state index in [1.54, 1.807) is 13.2 Å². The summed E-state index contributed by atoms with van der Waals surface area (Å²) >= 11 is 7.39. The number of hydrogen-bond donors (Lipinski definition) is 2. The number of carboxylic acid groups (broad SMARTS) is 1. The van der Waals surface area contributed by atoms with E-state index in [9.17, 15) is 23.5 Å². The Labute approximate surface area is 258 Å². The Bertz CT molecular complexity index is 1650. The van der Waals surface area contributed by atoms with Gasteiger partial charge in [0.05, 0.1) is 27.1 Å². The van der Waals surface area contributed by atoms with Crippen LogP contribution in [0.15, 0.2) is 48.7 Å². The van der Waals surface area contributed by atoms with Gasteiger partial charge in [-0.05, 0) is 110 Å². The summed E-state index contributed by atoms with van der Waals surface area (Å²) in [6.07, 6.45) is 6.99. The average Bonchev–Trinajstić information content (AvgIpc) is 3.39. The molecule has 1 saturated carbocycles. The summed E-state index contributed by atoms with van der Waals surface area (Å²) in [4.78, 5) is 29.2. The normalized spacial score (nSPS) is 17.6. The Morgan fingerprint density at radius 2 is 1.81 bits per heavy atom. The number of aromatic carboxylic acids is 1. The van der Waals surface area contributed by atoms with Gasteiger partial charge in [0.1, 0.15) is 23.1 Å². The third-order valence-corrected chi connectivity index (χ3v) is 10.3. The van der Waals surface area contributed by atoms with Gasteiger partial charge < -0.3 is 15.2 Å². The highest BCUT2D eigenvalue weighted by atomic mass is 35.5. The van der Waals surface area contributed by atoms with Crippen LogP contribution in [0.25, 0.3) is 21.2 Å². The molecule has 0 radical (unpaired) electrons. The molecule has 0 saturated heterocycles. The Hall–Kier alpha value is -3.40. The third kappa shape index (κ3) is 6.74. The van der Waals surface area contributed by atoms with Gasteiger partial charge in [0.25, 0.3) is 0 Å². The van der Waals surface area contributed by atoms with Crippen molar-refractivity contribution >= 4 is 44.8 Å². The van der Waals surface area contributed by atoms with Crippen LogP contribution < -0.4 is 10.1 Å². The first kappa shape index (κ1) is 31.0. The zero-order valence-electron chi connectivity index (χ0n) is 24.0. The Kier molecular flexibility index (Phi) is 9.74. The molecule has 5 rings (SSSR count). The number of ether oxygens (including phenoxy) is 1. The molecule has 1 aliphatic rings. The topological polar surface area (TPSA) is 88.5 Å². The van der Waals surface area contributed by atoms with Crippen molar-refractivity contribution in [3.63, 3.8) is 0 Å². The number of halogens is 3. The van der Waals surface area contributed by atoms with Gasteiger partial charge in [0.15, 0.2) is 5.78 Å². The minimum absolute atomic E-state index is 0.0212. The van der Waals surface area contributed by atoms with Gasteiger partial charge in [-0.15, -0.1) is 11.3 Å². The fraction of sp³-hybridized carbons (Fsp3) is 0.364. The number of ketones is 1. The monoisotopic (exact) mass is 626 g/mol. The van der Waals surface area contributed by atoms with Crippen LogP contribution in [0, 0.1) is 23.5 Å². The van der Waals surface area contributed by atoms with Crippen LogP contribution in [-0.2, 0) is 6.42 Å². The first-order valence-electron chi connectivity index (χ1n) is 14.3. The molecule has 2 N–H and O–H groups in total. The molecule has 6 nitrogen and oxygen atoms in total. The lowest BCUT2D eigenvalue weighted by atomic mass is 9.74. The van der Waals surface area contributed by atoms with E-state index >= 15 is 0 Å². The second-order valence-corrected chi connectivity index (χ2v) is 12.5. The number of aryl methyl sites for hydroxylation is 1. The van der Waals surface area contributed by atoms with E-state index in [0.717, 1.165) is 65.8 Å². The minimum Gasteiger partial charge on any atom is -0.496 e. The van der Waals surface area contributed by atoms with Gasteiger partial charge in [0.2, 0.25) is 0 Å². The van der Waals surface area contributed by atoms with E-state index in [2.05, 4.69) is 10.3 Å². The largest absolute Gasteiger partial charge is 0.496 e. The minimum atomic E-state index is -1.10. The zero-order valence-corrected chi connectivity index (χ0v) is 25.5. The lowest BCUT2D eigenvalue weighted by Crippen LogP contribution is -2.33. The number of carboxylic acids is 1. The molecular weight excluding hydrogens is 594 g/mol. The number of thiophene rings is 1. The molecule has 1 aliphatic carbocycles. The summed E-state index contributed by atoms with van der Waals surface area (Å²) in [6, 6.07) is 11.6. The van der Waals surface area contributed by atoms with Gasteiger partial charge >= 0.3 is 5.97 Å². The summed E-state index contributed by atoms with van der Waals surface area (Å²) in [5, 5.41) is 12.7. The van der Waals surface area contributed by atoms with Crippen molar-refractivity contribution in [3.05, 3.63) is 81.5 Å². The fourth-order valence-electron chi connectivity index (χ4n) is 6.21. The number of nitrogens with one attached hydrogen (secondary N) is 1. The van der Waals surface area contributed by atoms with E-state index in [4.69, 9.17) is 16.3 Å². The lowest BCUT2D eigenvalue weighted by molar-refractivity contribution is 0.0690. The first-order chi connectivity index (χ1) is 20.7. The molecule has 0 bridgehead atoms. The predicted octanol–water partition coefficient (Wildman–Crippen LogP) is 8.20. The number of nitrogens with zero attached hydrogens (tertiary/aromatic N) is 1. The van der Waals surface area contributed by atoms with Gasteiger partial charge in [-0.2, -0.15) is 0 Å². The number of pyridine rings is 1. The molecule has 2 aromatic heterocycles. The van der Waals surface area contributed by atoms with Crippen molar-refractivity contribution in [2.45, 2.75) is 51.0 Å². The number of fused-ring (bicyclic) bond motifs is 1. The van der Waals surface area contributed by atoms with Crippen LogP contribution in [0.5, 0.6) is 5.75 Å². The number of carbonyl (C=O) groups is 2. The molecule has 43 heavy (non-hydrogen) atoms. The van der Waals surface area contributed by atoms with Crippen molar-refractivity contribution in [2.75, 3.05) is 14.2 Å². The standard InChI is InChI=1S/C33H33ClF2N2O4S/c1-37-23-8-5-18(6-9-23)20(17-27(39)32-30(34)29-24(35)10-11-25(36)31(29)43-32)3-4-22-15-19(7-12-28(22)42-2)21-13-14-38-26(16-21)33(40)41/h7,10-16,18,20,23,37H,3-6,8-9,17H2,1-2H3,(H,40,41). The number of aromatic nitrogens is 1. The maximum Gasteiger partial charge on any atom is 0.354 e. The number of carbonyl (C=O) groups excluding carboxylic acids is 1. The number of hydrogen-bond acceptors (Lipinski definition) is 6. The molecule has 0 aliphatic heterocycles. The number of rotatable bonds is 11. The van der Waals surface area contributed by atoms with Crippen molar-refractivity contribution < 1.29 is 28.2 Å². The molecule has 226 valence electrons. The zero-order chi connectivity index (χ0) is 30.7. The smallest absolute Gasteiger partial charge is 0.354 e. The highest BCUT2D eigenvalue weighted by Gasteiger charge is 2.31. The maximum absolute atomic E-state index is 14.5. The number of benzene rings is 2. The quantitative estimate of drug-likeness (QED) is 0.163. The molecule has 0 amide bonds. The average molecular weight is 627 g/mol. The van der Waals surface area contributed by atoms with Crippen molar-refractivity contribution in [1.82, 2.24) is 10.3 Å². The van der Waals surface area contributed by atoms with E-state index in [0.29, 0.717) is 30.6 Å². The van der Waals surface area contributed by atoms with Gasteiger partial charge in [-0.1, -0.05) is 17.7 Å². The summed E-state index contributed by atoms with van der Waals surface area (Å²) < 4.78 is 34.7. The van der Waals surface area contributed by atoms with Crippen molar-refractivity contribution in [1.29, 1.82) is 0 Å². The summed E-state index contributed by atoms with van der Waals surface area (Å²) in [5.74, 6) is -1.50. The van der Waals surface area contributed by atoms with Crippen molar-refractivity contribution in [3.8, 4) is 16.9 Å². The van der Waals surface area contributed by atoms with Crippen LogP contribution in [0.2, 0.25) is 5.02 Å². The second-order valence-electron chi connectivity index (χ2n) is 11.1. The van der Waals surface area contributed by atoms with E-state index in [1.165, 1.54) is 12.3 Å². The van der Waals surface area contributed by atoms with Crippen LogP contribution in [0.3, 0.4) is 0 Å².